The minimum absolute atomic E-state index is 0.617. The smallest absolute Gasteiger partial charge is 0.180 e. The number of nitrogens with two attached hydrogens (primary N) is 1. The van der Waals surface area contributed by atoms with Crippen LogP contribution in [0.15, 0.2) is 18.6 Å². The van der Waals surface area contributed by atoms with Crippen molar-refractivity contribution in [2.24, 2.45) is 5.73 Å². The van der Waals surface area contributed by atoms with Gasteiger partial charge in [-0.25, -0.2) is 9.97 Å². The fourth-order valence-electron chi connectivity index (χ4n) is 1.42. The topological polar surface area (TPSA) is 68.2 Å². The van der Waals surface area contributed by atoms with E-state index in [0.29, 0.717) is 6.54 Å². The molecule has 3 N–H and O–H groups in total. The van der Waals surface area contributed by atoms with Gasteiger partial charge in [-0.05, 0) is 6.54 Å². The Kier molecular flexibility index (Phi) is 2.32. The van der Waals surface area contributed by atoms with Crippen molar-refractivity contribution in [3.05, 3.63) is 24.3 Å². The summed E-state index contributed by atoms with van der Waals surface area (Å²) in [5.41, 5.74) is 7.32. The minimum Gasteiger partial charge on any atom is -0.370 e. The maximum atomic E-state index is 5.47. The molecule has 2 aromatic heterocycles. The van der Waals surface area contributed by atoms with Gasteiger partial charge in [-0.3, -0.25) is 0 Å². The lowest BCUT2D eigenvalue weighted by Crippen LogP contribution is -2.02. The third-order valence-corrected chi connectivity index (χ3v) is 2.06. The largest absolute Gasteiger partial charge is 0.370 e. The first-order valence-corrected chi connectivity index (χ1v) is 4.55. The monoisotopic (exact) mass is 191 g/mol. The van der Waals surface area contributed by atoms with Gasteiger partial charge in [0.05, 0.1) is 5.69 Å². The van der Waals surface area contributed by atoms with Crippen molar-refractivity contribution in [3.8, 4) is 0 Å². The molecule has 0 aliphatic heterocycles. The molecule has 5 heteroatoms. The van der Waals surface area contributed by atoms with Crippen molar-refractivity contribution >= 4 is 11.5 Å². The summed E-state index contributed by atoms with van der Waals surface area (Å²) in [5.74, 6) is 0.788. The standard InChI is InChI=1S/C9H13N5/c1-11-8-9-13-7(2-3-10)6-14(9)5-4-12-8/h4-6H,2-3,10H2,1H3,(H,11,12). The summed E-state index contributed by atoms with van der Waals surface area (Å²) in [6.07, 6.45) is 6.39. The Morgan fingerprint density at radius 3 is 3.14 bits per heavy atom. The van der Waals surface area contributed by atoms with Gasteiger partial charge in [0, 0.05) is 32.1 Å². The number of anilines is 1. The predicted molar refractivity (Wildman–Crippen MR) is 55.3 cm³/mol. The minimum atomic E-state index is 0.617. The van der Waals surface area contributed by atoms with Gasteiger partial charge in [-0.15, -0.1) is 0 Å². The molecule has 0 aliphatic carbocycles. The molecule has 0 radical (unpaired) electrons. The first kappa shape index (κ1) is 8.96. The zero-order valence-electron chi connectivity index (χ0n) is 8.07. The van der Waals surface area contributed by atoms with E-state index < -0.39 is 0 Å². The van der Waals surface area contributed by atoms with Crippen LogP contribution in [-0.4, -0.2) is 28.0 Å². The molecule has 0 bridgehead atoms. The number of fused-ring (bicyclic) bond motifs is 1. The van der Waals surface area contributed by atoms with Gasteiger partial charge < -0.3 is 15.5 Å². The second kappa shape index (κ2) is 3.63. The molecule has 2 rings (SSSR count). The molecule has 0 atom stereocenters. The molecule has 0 saturated carbocycles. The second-order valence-corrected chi connectivity index (χ2v) is 3.03. The van der Waals surface area contributed by atoms with E-state index >= 15 is 0 Å². The van der Waals surface area contributed by atoms with Gasteiger partial charge in [0.1, 0.15) is 0 Å². The quantitative estimate of drug-likeness (QED) is 0.730. The van der Waals surface area contributed by atoms with Gasteiger partial charge in [-0.2, -0.15) is 0 Å². The highest BCUT2D eigenvalue weighted by Gasteiger charge is 2.04. The maximum absolute atomic E-state index is 5.47. The van der Waals surface area contributed by atoms with E-state index in [1.165, 1.54) is 0 Å². The normalized spacial score (nSPS) is 10.7. The summed E-state index contributed by atoms with van der Waals surface area (Å²) < 4.78 is 1.95. The molecule has 5 nitrogen and oxygen atoms in total. The number of hydrogen-bond acceptors (Lipinski definition) is 4. The van der Waals surface area contributed by atoms with Crippen molar-refractivity contribution < 1.29 is 0 Å². The molecule has 0 amide bonds. The van der Waals surface area contributed by atoms with Crippen LogP contribution in [0.4, 0.5) is 5.82 Å². The first-order valence-electron chi connectivity index (χ1n) is 4.55. The zero-order chi connectivity index (χ0) is 9.97. The molecule has 74 valence electrons. The summed E-state index contributed by atoms with van der Waals surface area (Å²) >= 11 is 0. The number of aromatic nitrogens is 3. The average molecular weight is 191 g/mol. The van der Waals surface area contributed by atoms with E-state index in [-0.39, 0.29) is 0 Å². The van der Waals surface area contributed by atoms with Gasteiger partial charge in [0.25, 0.3) is 0 Å². The Hall–Kier alpha value is -1.62. The van der Waals surface area contributed by atoms with Crippen LogP contribution in [0.5, 0.6) is 0 Å². The highest BCUT2D eigenvalue weighted by atomic mass is 15.1. The average Bonchev–Trinajstić information content (AvgIpc) is 2.60. The molecule has 0 saturated heterocycles. The molecule has 0 aliphatic rings. The number of nitrogens with zero attached hydrogens (tertiary/aromatic N) is 3. The van der Waals surface area contributed by atoms with Gasteiger partial charge in [0.15, 0.2) is 11.5 Å². The Balaban J connectivity index is 2.52. The molecule has 14 heavy (non-hydrogen) atoms. The van der Waals surface area contributed by atoms with Gasteiger partial charge in [-0.1, -0.05) is 0 Å². The van der Waals surface area contributed by atoms with E-state index in [2.05, 4.69) is 15.3 Å². The van der Waals surface area contributed by atoms with Crippen molar-refractivity contribution in [1.82, 2.24) is 14.4 Å². The lowest BCUT2D eigenvalue weighted by Gasteiger charge is -1.98. The molecular formula is C9H13N5. The molecular weight excluding hydrogens is 178 g/mol. The van der Waals surface area contributed by atoms with Gasteiger partial charge >= 0.3 is 0 Å². The molecule has 0 unspecified atom stereocenters. The third kappa shape index (κ3) is 1.42. The maximum Gasteiger partial charge on any atom is 0.180 e. The van der Waals surface area contributed by atoms with Crippen LogP contribution in [0.1, 0.15) is 5.69 Å². The van der Waals surface area contributed by atoms with Crippen LogP contribution in [0.3, 0.4) is 0 Å². The molecule has 0 fully saturated rings. The second-order valence-electron chi connectivity index (χ2n) is 3.03. The third-order valence-electron chi connectivity index (χ3n) is 2.06. The Labute approximate surface area is 82.0 Å². The number of hydrogen-bond donors (Lipinski definition) is 2. The van der Waals surface area contributed by atoms with Crippen molar-refractivity contribution in [3.63, 3.8) is 0 Å². The number of imidazole rings is 1. The van der Waals surface area contributed by atoms with E-state index in [1.807, 2.05) is 23.8 Å². The van der Waals surface area contributed by atoms with Gasteiger partial charge in [0.2, 0.25) is 0 Å². The fraction of sp³-hybridized carbons (Fsp3) is 0.333. The highest BCUT2D eigenvalue weighted by molar-refractivity contribution is 5.62. The van der Waals surface area contributed by atoms with Crippen molar-refractivity contribution in [1.29, 1.82) is 0 Å². The summed E-state index contributed by atoms with van der Waals surface area (Å²) in [6, 6.07) is 0. The van der Waals surface area contributed by atoms with Crippen LogP contribution in [-0.2, 0) is 6.42 Å². The van der Waals surface area contributed by atoms with Crippen LogP contribution in [0, 0.1) is 0 Å². The summed E-state index contributed by atoms with van der Waals surface area (Å²) in [5, 5.41) is 3.00. The highest BCUT2D eigenvalue weighted by Crippen LogP contribution is 2.12. The summed E-state index contributed by atoms with van der Waals surface area (Å²) in [6.45, 7) is 0.617. The van der Waals surface area contributed by atoms with Crippen LogP contribution in [0.25, 0.3) is 5.65 Å². The summed E-state index contributed by atoms with van der Waals surface area (Å²) in [7, 11) is 1.83. The summed E-state index contributed by atoms with van der Waals surface area (Å²) in [4.78, 5) is 8.60. The van der Waals surface area contributed by atoms with E-state index in [4.69, 9.17) is 5.73 Å². The van der Waals surface area contributed by atoms with E-state index in [1.54, 1.807) is 6.20 Å². The number of rotatable bonds is 3. The predicted octanol–water partition coefficient (Wildman–Crippen LogP) is 0.272. The Bertz CT molecular complexity index is 434. The zero-order valence-corrected chi connectivity index (χ0v) is 8.07. The lowest BCUT2D eigenvalue weighted by molar-refractivity contribution is 0.937. The Morgan fingerprint density at radius 2 is 2.43 bits per heavy atom. The van der Waals surface area contributed by atoms with Crippen LogP contribution >= 0.6 is 0 Å². The van der Waals surface area contributed by atoms with Crippen molar-refractivity contribution in [2.45, 2.75) is 6.42 Å². The SMILES string of the molecule is CNc1nccn2cc(CCN)nc12. The molecule has 2 heterocycles. The van der Waals surface area contributed by atoms with Crippen LogP contribution < -0.4 is 11.1 Å². The molecule has 0 spiro atoms. The number of nitrogens with one attached hydrogen (secondary N) is 1. The van der Waals surface area contributed by atoms with E-state index in [0.717, 1.165) is 23.6 Å². The van der Waals surface area contributed by atoms with Crippen molar-refractivity contribution in [2.75, 3.05) is 18.9 Å². The molecule has 0 aromatic carbocycles. The fourth-order valence-corrected chi connectivity index (χ4v) is 1.42. The van der Waals surface area contributed by atoms with Crippen LogP contribution in [0.2, 0.25) is 0 Å². The van der Waals surface area contributed by atoms with E-state index in [9.17, 15) is 0 Å². The lowest BCUT2D eigenvalue weighted by atomic mass is 10.3. The first-order chi connectivity index (χ1) is 6.85. The Morgan fingerprint density at radius 1 is 1.57 bits per heavy atom. The molecule has 2 aromatic rings.